The molecule has 3 nitrogen and oxygen atoms in total. The van der Waals surface area contributed by atoms with E-state index >= 15 is 0 Å². The second kappa shape index (κ2) is 5.75. The first kappa shape index (κ1) is 12.8. The van der Waals surface area contributed by atoms with Crippen molar-refractivity contribution in [3.8, 4) is 0 Å². The van der Waals surface area contributed by atoms with Crippen LogP contribution in [0.2, 0.25) is 0 Å². The molecule has 0 amide bonds. The van der Waals surface area contributed by atoms with Crippen molar-refractivity contribution >= 4 is 17.1 Å². The summed E-state index contributed by atoms with van der Waals surface area (Å²) in [5.74, 6) is 1.53. The molecule has 1 fully saturated rings. The molecule has 0 N–H and O–H groups in total. The summed E-state index contributed by atoms with van der Waals surface area (Å²) < 4.78 is 11.2. The molecule has 1 atom stereocenters. The Morgan fingerprint density at radius 1 is 1.40 bits per heavy atom. The molecule has 0 aromatic heterocycles. The Bertz CT molecular complexity index is 235. The Hall–Kier alpha value is -0.220. The van der Waals surface area contributed by atoms with Crippen molar-refractivity contribution in [2.75, 3.05) is 31.1 Å². The first-order valence-electron chi connectivity index (χ1n) is 5.63. The van der Waals surface area contributed by atoms with E-state index in [1.54, 1.807) is 0 Å². The Labute approximate surface area is 94.7 Å². The number of hydrogen-bond acceptors (Lipinski definition) is 3. The van der Waals surface area contributed by atoms with Gasteiger partial charge in [-0.05, 0) is 6.42 Å². The van der Waals surface area contributed by atoms with E-state index in [0.717, 1.165) is 50.3 Å². The maximum Gasteiger partial charge on any atom is 0.127 e. The van der Waals surface area contributed by atoms with Crippen molar-refractivity contribution in [1.29, 1.82) is 0 Å². The minimum absolute atomic E-state index is 0.215. The van der Waals surface area contributed by atoms with Crippen molar-refractivity contribution < 1.29 is 9.00 Å². The molecule has 0 bridgehead atoms. The molecule has 15 heavy (non-hydrogen) atoms. The lowest BCUT2D eigenvalue weighted by molar-refractivity contribution is -0.116. The van der Waals surface area contributed by atoms with E-state index in [4.69, 9.17) is 0 Å². The van der Waals surface area contributed by atoms with E-state index in [0.29, 0.717) is 0 Å². The van der Waals surface area contributed by atoms with E-state index in [1.165, 1.54) is 0 Å². The van der Waals surface area contributed by atoms with Crippen molar-refractivity contribution in [2.24, 2.45) is 5.41 Å². The molecule has 0 radical (unpaired) electrons. The number of rotatable bonds is 5. The zero-order chi connectivity index (χ0) is 11.3. The van der Waals surface area contributed by atoms with Crippen LogP contribution in [0, 0.1) is 5.41 Å². The third-order valence-electron chi connectivity index (χ3n) is 2.96. The standard InChI is InChI=1S/C11H21NO2S/c1-3-4-11(2,10-13)9-12-5-7-15(14)8-6-12/h10H,3-9H2,1-2H3. The van der Waals surface area contributed by atoms with Gasteiger partial charge in [0.15, 0.2) is 0 Å². The van der Waals surface area contributed by atoms with Gasteiger partial charge < -0.3 is 9.69 Å². The van der Waals surface area contributed by atoms with E-state index in [2.05, 4.69) is 11.8 Å². The van der Waals surface area contributed by atoms with E-state index in [-0.39, 0.29) is 5.41 Å². The molecule has 0 spiro atoms. The maximum atomic E-state index is 11.2. The van der Waals surface area contributed by atoms with Crippen LogP contribution < -0.4 is 0 Å². The highest BCUT2D eigenvalue weighted by Crippen LogP contribution is 2.22. The van der Waals surface area contributed by atoms with Gasteiger partial charge in [-0.3, -0.25) is 4.21 Å². The molecule has 1 aliphatic rings. The van der Waals surface area contributed by atoms with E-state index < -0.39 is 10.8 Å². The third kappa shape index (κ3) is 4.03. The van der Waals surface area contributed by atoms with Gasteiger partial charge in [0.2, 0.25) is 0 Å². The van der Waals surface area contributed by atoms with Crippen LogP contribution in [0.4, 0.5) is 0 Å². The fourth-order valence-electron chi connectivity index (χ4n) is 2.09. The fraction of sp³-hybridized carbons (Fsp3) is 0.909. The number of aldehydes is 1. The van der Waals surface area contributed by atoms with Crippen LogP contribution in [-0.4, -0.2) is 46.5 Å². The summed E-state index contributed by atoms with van der Waals surface area (Å²) in [5.41, 5.74) is -0.215. The van der Waals surface area contributed by atoms with Gasteiger partial charge in [-0.15, -0.1) is 0 Å². The first-order valence-corrected chi connectivity index (χ1v) is 7.12. The molecule has 1 rings (SSSR count). The highest BCUT2D eigenvalue weighted by Gasteiger charge is 2.27. The second-order valence-electron chi connectivity index (χ2n) is 4.65. The van der Waals surface area contributed by atoms with Crippen molar-refractivity contribution in [3.05, 3.63) is 0 Å². The molecule has 1 aliphatic heterocycles. The summed E-state index contributed by atoms with van der Waals surface area (Å²) in [7, 11) is -0.625. The Morgan fingerprint density at radius 2 is 2.00 bits per heavy atom. The predicted molar refractivity (Wildman–Crippen MR) is 63.4 cm³/mol. The van der Waals surface area contributed by atoms with Crippen LogP contribution in [0.1, 0.15) is 26.7 Å². The lowest BCUT2D eigenvalue weighted by Crippen LogP contribution is -2.44. The molecule has 0 aromatic rings. The summed E-state index contributed by atoms with van der Waals surface area (Å²) in [6.45, 7) is 6.70. The van der Waals surface area contributed by atoms with Crippen molar-refractivity contribution in [3.63, 3.8) is 0 Å². The van der Waals surface area contributed by atoms with Crippen LogP contribution in [0.15, 0.2) is 0 Å². The molecule has 0 aromatic carbocycles. The predicted octanol–water partition coefficient (Wildman–Crippen LogP) is 1.06. The Balaban J connectivity index is 2.44. The van der Waals surface area contributed by atoms with Gasteiger partial charge in [-0.2, -0.15) is 0 Å². The Morgan fingerprint density at radius 3 is 2.47 bits per heavy atom. The molecule has 0 saturated carbocycles. The summed E-state index contributed by atoms with van der Waals surface area (Å²) in [4.78, 5) is 13.3. The number of nitrogens with zero attached hydrogens (tertiary/aromatic N) is 1. The second-order valence-corrected chi connectivity index (χ2v) is 6.34. The minimum Gasteiger partial charge on any atom is -0.303 e. The molecule has 1 heterocycles. The summed E-state index contributed by atoms with van der Waals surface area (Å²) >= 11 is 0. The van der Waals surface area contributed by atoms with Crippen LogP contribution in [0.5, 0.6) is 0 Å². The van der Waals surface area contributed by atoms with E-state index in [9.17, 15) is 9.00 Å². The highest BCUT2D eigenvalue weighted by molar-refractivity contribution is 7.85. The van der Waals surface area contributed by atoms with Gasteiger partial charge in [-0.25, -0.2) is 0 Å². The van der Waals surface area contributed by atoms with E-state index in [1.807, 2.05) is 6.92 Å². The van der Waals surface area contributed by atoms with Crippen LogP contribution in [-0.2, 0) is 15.6 Å². The zero-order valence-electron chi connectivity index (χ0n) is 9.70. The molecular formula is C11H21NO2S. The number of hydrogen-bond donors (Lipinski definition) is 0. The topological polar surface area (TPSA) is 37.4 Å². The molecule has 0 aliphatic carbocycles. The van der Waals surface area contributed by atoms with Gasteiger partial charge in [0.05, 0.1) is 0 Å². The molecular weight excluding hydrogens is 210 g/mol. The van der Waals surface area contributed by atoms with Crippen molar-refractivity contribution in [2.45, 2.75) is 26.7 Å². The summed E-state index contributed by atoms with van der Waals surface area (Å²) in [5, 5.41) is 0. The zero-order valence-corrected chi connectivity index (χ0v) is 10.5. The van der Waals surface area contributed by atoms with Gasteiger partial charge in [0.1, 0.15) is 6.29 Å². The third-order valence-corrected chi connectivity index (χ3v) is 4.24. The largest absolute Gasteiger partial charge is 0.303 e. The van der Waals surface area contributed by atoms with Crippen LogP contribution in [0.3, 0.4) is 0 Å². The monoisotopic (exact) mass is 231 g/mol. The molecule has 4 heteroatoms. The minimum atomic E-state index is -0.625. The molecule has 88 valence electrons. The highest BCUT2D eigenvalue weighted by atomic mass is 32.2. The maximum absolute atomic E-state index is 11.2. The first-order chi connectivity index (χ1) is 7.09. The van der Waals surface area contributed by atoms with Gasteiger partial charge >= 0.3 is 0 Å². The van der Waals surface area contributed by atoms with Gasteiger partial charge in [0.25, 0.3) is 0 Å². The van der Waals surface area contributed by atoms with Crippen LogP contribution in [0.25, 0.3) is 0 Å². The molecule has 1 unspecified atom stereocenters. The number of carbonyl (C=O) groups is 1. The lowest BCUT2D eigenvalue weighted by atomic mass is 9.87. The Kier molecular flexibility index (Phi) is 4.93. The van der Waals surface area contributed by atoms with Gasteiger partial charge in [-0.1, -0.05) is 20.3 Å². The smallest absolute Gasteiger partial charge is 0.127 e. The summed E-state index contributed by atoms with van der Waals surface area (Å²) in [6, 6.07) is 0. The van der Waals surface area contributed by atoms with Crippen molar-refractivity contribution in [1.82, 2.24) is 4.90 Å². The van der Waals surface area contributed by atoms with Crippen LogP contribution >= 0.6 is 0 Å². The SMILES string of the molecule is CCCC(C)(C=O)CN1CCS(=O)CC1. The normalized spacial score (nSPS) is 23.6. The average molecular weight is 231 g/mol. The summed E-state index contributed by atoms with van der Waals surface area (Å²) in [6.07, 6.45) is 3.06. The number of carbonyl (C=O) groups excluding carboxylic acids is 1. The average Bonchev–Trinajstić information content (AvgIpc) is 2.22. The lowest BCUT2D eigenvalue weighted by Gasteiger charge is -2.33. The quantitative estimate of drug-likeness (QED) is 0.664. The van der Waals surface area contributed by atoms with Gasteiger partial charge in [0, 0.05) is 47.4 Å². The molecule has 1 saturated heterocycles. The fourth-order valence-corrected chi connectivity index (χ4v) is 3.22.